The molecule has 0 saturated carbocycles. The minimum absolute atomic E-state index is 0.162. The highest BCUT2D eigenvalue weighted by atomic mass is 16.6. The number of aliphatic hydroxyl groups excluding tert-OH is 1. The zero-order chi connectivity index (χ0) is 17.1. The van der Waals surface area contributed by atoms with Gasteiger partial charge in [0.2, 0.25) is 0 Å². The zero-order valence-electron chi connectivity index (χ0n) is 10.8. The molecule has 23 heavy (non-hydrogen) atoms. The van der Waals surface area contributed by atoms with E-state index in [0.717, 1.165) is 0 Å². The maximum atomic E-state index is 11.2. The van der Waals surface area contributed by atoms with Crippen molar-refractivity contribution < 1.29 is 15.0 Å². The second kappa shape index (κ2) is 5.82. The van der Waals surface area contributed by atoms with Crippen LogP contribution in [-0.2, 0) is 6.61 Å². The lowest BCUT2D eigenvalue weighted by Gasteiger charge is -2.03. The molecule has 0 fully saturated rings. The van der Waals surface area contributed by atoms with Crippen molar-refractivity contribution in [3.8, 4) is 0 Å². The van der Waals surface area contributed by atoms with E-state index in [1.165, 1.54) is 0 Å². The number of rotatable bonds is 5. The number of H-pyrrole nitrogens is 1. The van der Waals surface area contributed by atoms with Crippen LogP contribution in [0, 0.1) is 20.2 Å². The lowest BCUT2D eigenvalue weighted by atomic mass is 10.1. The molecule has 15 nitrogen and oxygen atoms in total. The van der Waals surface area contributed by atoms with E-state index in [0.29, 0.717) is 0 Å². The maximum absolute atomic E-state index is 11.2. The number of aliphatic hydroxyl groups is 1. The van der Waals surface area contributed by atoms with Gasteiger partial charge in [-0.15, -0.1) is 0 Å². The Labute approximate surface area is 123 Å². The Morgan fingerprint density at radius 2 is 1.70 bits per heavy atom. The second-order valence-electron chi connectivity index (χ2n) is 3.85. The summed E-state index contributed by atoms with van der Waals surface area (Å²) in [6.45, 7) is -0.661. The number of aromatic nitrogens is 2. The fraction of sp³-hybridized carbons (Fsp3) is 0.125. The van der Waals surface area contributed by atoms with E-state index in [-0.39, 0.29) is 11.3 Å². The number of nitro groups is 2. The molecule has 0 radical (unpaired) electrons. The predicted octanol–water partition coefficient (Wildman–Crippen LogP) is 2.76. The molecule has 0 spiro atoms. The molecular weight excluding hydrogens is 316 g/mol. The number of azide groups is 2. The van der Waals surface area contributed by atoms with Gasteiger partial charge in [-0.1, -0.05) is 5.11 Å². The van der Waals surface area contributed by atoms with Gasteiger partial charge in [0.1, 0.15) is 29.2 Å². The molecule has 2 N–H and O–H groups in total. The van der Waals surface area contributed by atoms with Gasteiger partial charge in [0.25, 0.3) is 5.69 Å². The molecule has 2 aromatic rings. The van der Waals surface area contributed by atoms with E-state index < -0.39 is 44.7 Å². The average molecular weight is 320 g/mol. The summed E-state index contributed by atoms with van der Waals surface area (Å²) in [6.07, 6.45) is 0. The number of nitrogens with zero attached hydrogens (tertiary/aromatic N) is 9. The van der Waals surface area contributed by atoms with E-state index in [2.05, 4.69) is 30.0 Å². The van der Waals surface area contributed by atoms with Crippen molar-refractivity contribution in [3.05, 3.63) is 46.9 Å². The summed E-state index contributed by atoms with van der Waals surface area (Å²) in [5.74, 6) is -0.162. The van der Waals surface area contributed by atoms with Gasteiger partial charge in [0, 0.05) is 9.82 Å². The van der Waals surface area contributed by atoms with E-state index in [1.54, 1.807) is 0 Å². The molecule has 2 rings (SSSR count). The van der Waals surface area contributed by atoms with Gasteiger partial charge in [0.15, 0.2) is 5.69 Å². The third-order valence-corrected chi connectivity index (χ3v) is 2.69. The highest BCUT2D eigenvalue weighted by molar-refractivity contribution is 6.04. The van der Waals surface area contributed by atoms with E-state index in [1.807, 2.05) is 0 Å². The molecule has 0 amide bonds. The van der Waals surface area contributed by atoms with Crippen molar-refractivity contribution in [2.24, 2.45) is 10.2 Å². The molecule has 0 saturated heterocycles. The van der Waals surface area contributed by atoms with Crippen molar-refractivity contribution in [1.29, 1.82) is 0 Å². The quantitative estimate of drug-likeness (QED) is 0.276. The van der Waals surface area contributed by atoms with Gasteiger partial charge in [-0.2, -0.15) is 0 Å². The van der Waals surface area contributed by atoms with Crippen LogP contribution in [0.15, 0.2) is 10.2 Å². The fourth-order valence-corrected chi connectivity index (χ4v) is 1.92. The molecule has 1 aromatic carbocycles. The minimum atomic E-state index is -1.09. The van der Waals surface area contributed by atoms with Crippen LogP contribution < -0.4 is 0 Å². The molecule has 0 atom stereocenters. The first kappa shape index (κ1) is 15.5. The Balaban J connectivity index is 3.20. The summed E-state index contributed by atoms with van der Waals surface area (Å²) in [7, 11) is 0. The third-order valence-electron chi connectivity index (χ3n) is 2.69. The van der Waals surface area contributed by atoms with Crippen LogP contribution >= 0.6 is 0 Å². The minimum Gasteiger partial charge on any atom is -0.388 e. The lowest BCUT2D eigenvalue weighted by molar-refractivity contribution is -0.391. The topological polar surface area (TPSA) is 233 Å². The van der Waals surface area contributed by atoms with Gasteiger partial charge < -0.3 is 10.1 Å². The second-order valence-corrected chi connectivity index (χ2v) is 3.85. The van der Waals surface area contributed by atoms with Crippen molar-refractivity contribution in [2.75, 3.05) is 0 Å². The summed E-state index contributed by atoms with van der Waals surface area (Å²) in [5.41, 5.74) is 12.7. The summed E-state index contributed by atoms with van der Waals surface area (Å²) < 4.78 is 0. The molecule has 0 unspecified atom stereocenters. The van der Waals surface area contributed by atoms with Gasteiger partial charge >= 0.3 is 5.69 Å². The predicted molar refractivity (Wildman–Crippen MR) is 72.9 cm³/mol. The largest absolute Gasteiger partial charge is 0.388 e. The maximum Gasteiger partial charge on any atom is 0.311 e. The number of fused-ring (bicyclic) bond motifs is 1. The van der Waals surface area contributed by atoms with Gasteiger partial charge in [-0.25, -0.2) is 4.98 Å². The molecule has 15 heteroatoms. The Bertz CT molecular complexity index is 890. The molecule has 1 aromatic heterocycles. The van der Waals surface area contributed by atoms with Crippen LogP contribution in [-0.4, -0.2) is 24.9 Å². The van der Waals surface area contributed by atoms with Crippen molar-refractivity contribution in [1.82, 2.24) is 9.97 Å². The smallest absolute Gasteiger partial charge is 0.311 e. The van der Waals surface area contributed by atoms with Gasteiger partial charge in [0.05, 0.1) is 9.85 Å². The highest BCUT2D eigenvalue weighted by Gasteiger charge is 2.34. The standard InChI is InChI=1S/C8H4N10O5/c9-15-13-5-3-4(12-2(1-19)11-3)7(17(20)21)6(14-16-10)8(5)18(22)23/h19H,1H2,(H,11,12). The van der Waals surface area contributed by atoms with Gasteiger partial charge in [-0.3, -0.25) is 20.2 Å². The van der Waals surface area contributed by atoms with Crippen LogP contribution in [0.3, 0.4) is 0 Å². The van der Waals surface area contributed by atoms with Crippen molar-refractivity contribution in [3.63, 3.8) is 0 Å². The summed E-state index contributed by atoms with van der Waals surface area (Å²) >= 11 is 0. The Kier molecular flexibility index (Phi) is 3.91. The molecule has 0 bridgehead atoms. The summed E-state index contributed by atoms with van der Waals surface area (Å²) in [6, 6.07) is 0. The number of imidazole rings is 1. The highest BCUT2D eigenvalue weighted by Crippen LogP contribution is 2.49. The molecule has 116 valence electrons. The van der Waals surface area contributed by atoms with Crippen molar-refractivity contribution >= 4 is 33.8 Å². The first-order valence-corrected chi connectivity index (χ1v) is 5.54. The SMILES string of the molecule is [N-]=[N+]=Nc1c([N+](=O)[O-])c(N=[N+]=[N-])c2nc(CO)[nH]c2c1[N+](=O)[O-]. The molecular formula is C8H4N10O5. The normalized spacial score (nSPS) is 9.96. The van der Waals surface area contributed by atoms with E-state index in [4.69, 9.17) is 16.2 Å². The van der Waals surface area contributed by atoms with Gasteiger partial charge in [-0.05, 0) is 16.2 Å². The molecule has 0 aliphatic heterocycles. The third kappa shape index (κ3) is 2.40. The van der Waals surface area contributed by atoms with Crippen molar-refractivity contribution in [2.45, 2.75) is 6.61 Å². The number of aromatic amines is 1. The summed E-state index contributed by atoms with van der Waals surface area (Å²) in [5, 5.41) is 37.6. The van der Waals surface area contributed by atoms with Crippen LogP contribution in [0.1, 0.15) is 5.82 Å². The monoisotopic (exact) mass is 320 g/mol. The molecule has 0 aliphatic rings. The molecule has 0 aliphatic carbocycles. The average Bonchev–Trinajstić information content (AvgIpc) is 2.90. The number of nitrogens with one attached hydrogen (secondary N) is 1. The van der Waals surface area contributed by atoms with Crippen LogP contribution in [0.2, 0.25) is 0 Å². The number of nitro benzene ring substituents is 2. The number of benzene rings is 1. The number of hydrogen-bond acceptors (Lipinski definition) is 8. The zero-order valence-corrected chi connectivity index (χ0v) is 10.8. The van der Waals surface area contributed by atoms with E-state index in [9.17, 15) is 20.2 Å². The Morgan fingerprint density at radius 1 is 1.13 bits per heavy atom. The van der Waals surface area contributed by atoms with Crippen LogP contribution in [0.25, 0.3) is 31.9 Å². The fourth-order valence-electron chi connectivity index (χ4n) is 1.92. The van der Waals surface area contributed by atoms with Crippen LogP contribution in [0.4, 0.5) is 22.7 Å². The molecule has 1 heterocycles. The van der Waals surface area contributed by atoms with Crippen LogP contribution in [0.5, 0.6) is 0 Å². The lowest BCUT2D eigenvalue weighted by Crippen LogP contribution is -1.96. The van der Waals surface area contributed by atoms with E-state index >= 15 is 0 Å². The first-order chi connectivity index (χ1) is 11.0. The Morgan fingerprint density at radius 3 is 2.17 bits per heavy atom. The first-order valence-electron chi connectivity index (χ1n) is 5.54. The summed E-state index contributed by atoms with van der Waals surface area (Å²) in [4.78, 5) is 31.2. The number of hydrogen-bond donors (Lipinski definition) is 2. The Hall–Kier alpha value is -3.93.